The topological polar surface area (TPSA) is 74.7 Å². The van der Waals surface area contributed by atoms with E-state index < -0.39 is 11.1 Å². The van der Waals surface area contributed by atoms with Gasteiger partial charge in [0.15, 0.2) is 0 Å². The summed E-state index contributed by atoms with van der Waals surface area (Å²) < 4.78 is 0. The Bertz CT molecular complexity index is 410. The van der Waals surface area contributed by atoms with E-state index in [4.69, 9.17) is 0 Å². The standard InChI is InChI=1S/C15H21NO4/c17-11-1-5-14(6-2-11)9-13(19)10-15(16(14)20)7-3-12(18)4-8-15/h20H,1-10H2. The van der Waals surface area contributed by atoms with E-state index in [-0.39, 0.29) is 17.3 Å². The monoisotopic (exact) mass is 279 g/mol. The van der Waals surface area contributed by atoms with Crippen LogP contribution in [-0.2, 0) is 14.4 Å². The zero-order chi connectivity index (χ0) is 14.4. The maximum atomic E-state index is 12.2. The molecule has 5 nitrogen and oxygen atoms in total. The molecule has 0 atom stereocenters. The Labute approximate surface area is 118 Å². The Hall–Kier alpha value is -1.07. The summed E-state index contributed by atoms with van der Waals surface area (Å²) in [4.78, 5) is 35.1. The van der Waals surface area contributed by atoms with Gasteiger partial charge >= 0.3 is 0 Å². The summed E-state index contributed by atoms with van der Waals surface area (Å²) in [7, 11) is 0. The van der Waals surface area contributed by atoms with E-state index >= 15 is 0 Å². The molecule has 1 aliphatic heterocycles. The molecule has 2 saturated carbocycles. The van der Waals surface area contributed by atoms with Crippen molar-refractivity contribution in [3.63, 3.8) is 0 Å². The normalized spacial score (nSPS) is 30.1. The quantitative estimate of drug-likeness (QED) is 0.732. The van der Waals surface area contributed by atoms with Crippen molar-refractivity contribution in [3.05, 3.63) is 0 Å². The Balaban J connectivity index is 1.87. The minimum atomic E-state index is -0.566. The highest BCUT2D eigenvalue weighted by atomic mass is 16.5. The molecule has 0 bridgehead atoms. The van der Waals surface area contributed by atoms with Crippen LogP contribution in [0.1, 0.15) is 64.2 Å². The van der Waals surface area contributed by atoms with Crippen LogP contribution in [0.4, 0.5) is 0 Å². The Morgan fingerprint density at radius 2 is 1.05 bits per heavy atom. The fourth-order valence-corrected chi connectivity index (χ4v) is 4.21. The lowest BCUT2D eigenvalue weighted by atomic mass is 9.66. The van der Waals surface area contributed by atoms with Crippen molar-refractivity contribution >= 4 is 17.3 Å². The predicted molar refractivity (Wildman–Crippen MR) is 70.3 cm³/mol. The lowest BCUT2D eigenvalue weighted by molar-refractivity contribution is -0.267. The average Bonchev–Trinajstić information content (AvgIpc) is 2.43. The largest absolute Gasteiger partial charge is 0.313 e. The third-order valence-electron chi connectivity index (χ3n) is 5.43. The number of nitrogens with zero attached hydrogens (tertiary/aromatic N) is 1. The maximum absolute atomic E-state index is 12.2. The number of carbonyl (C=O) groups is 3. The second-order valence-electron chi connectivity index (χ2n) is 6.73. The molecule has 20 heavy (non-hydrogen) atoms. The first-order valence-corrected chi connectivity index (χ1v) is 7.50. The summed E-state index contributed by atoms with van der Waals surface area (Å²) in [5.74, 6) is 0.601. The fourth-order valence-electron chi connectivity index (χ4n) is 4.21. The molecule has 3 rings (SSSR count). The van der Waals surface area contributed by atoms with Gasteiger partial charge in [-0.1, -0.05) is 0 Å². The third-order valence-corrected chi connectivity index (χ3v) is 5.43. The van der Waals surface area contributed by atoms with Crippen molar-refractivity contribution in [2.24, 2.45) is 0 Å². The Morgan fingerprint density at radius 3 is 1.40 bits per heavy atom. The number of Topliss-reactive ketones (excluding diaryl/α,β-unsaturated/α-hetero) is 3. The molecule has 2 aliphatic carbocycles. The zero-order valence-corrected chi connectivity index (χ0v) is 11.7. The van der Waals surface area contributed by atoms with Gasteiger partial charge in [-0.15, -0.1) is 0 Å². The first-order valence-electron chi connectivity index (χ1n) is 7.50. The molecule has 0 aromatic rings. The van der Waals surface area contributed by atoms with Gasteiger partial charge in [-0.2, -0.15) is 5.06 Å². The summed E-state index contributed by atoms with van der Waals surface area (Å²) in [5.41, 5.74) is -1.13. The molecule has 5 heteroatoms. The summed E-state index contributed by atoms with van der Waals surface area (Å²) in [6.07, 6.45) is 4.69. The minimum absolute atomic E-state index is 0.166. The van der Waals surface area contributed by atoms with Crippen LogP contribution in [0.3, 0.4) is 0 Å². The number of hydrogen-bond acceptors (Lipinski definition) is 5. The molecule has 0 aromatic carbocycles. The number of hydroxylamine groups is 2. The van der Waals surface area contributed by atoms with Crippen LogP contribution in [-0.4, -0.2) is 38.7 Å². The highest BCUT2D eigenvalue weighted by Gasteiger charge is 2.55. The van der Waals surface area contributed by atoms with Gasteiger partial charge in [0.2, 0.25) is 0 Å². The van der Waals surface area contributed by atoms with E-state index in [2.05, 4.69) is 0 Å². The molecular weight excluding hydrogens is 258 g/mol. The second-order valence-corrected chi connectivity index (χ2v) is 6.73. The van der Waals surface area contributed by atoms with E-state index in [1.807, 2.05) is 0 Å². The van der Waals surface area contributed by atoms with Crippen LogP contribution in [0.2, 0.25) is 0 Å². The van der Waals surface area contributed by atoms with Crippen molar-refractivity contribution in [3.8, 4) is 0 Å². The van der Waals surface area contributed by atoms with Crippen LogP contribution in [0, 0.1) is 0 Å². The van der Waals surface area contributed by atoms with Crippen molar-refractivity contribution in [2.75, 3.05) is 0 Å². The Kier molecular flexibility index (Phi) is 3.29. The molecule has 3 fully saturated rings. The van der Waals surface area contributed by atoms with Crippen LogP contribution in [0.25, 0.3) is 0 Å². The van der Waals surface area contributed by atoms with Gasteiger partial charge in [0.1, 0.15) is 17.3 Å². The minimum Gasteiger partial charge on any atom is -0.313 e. The first kappa shape index (κ1) is 13.9. The molecule has 0 aromatic heterocycles. The van der Waals surface area contributed by atoms with E-state index in [0.717, 1.165) is 0 Å². The van der Waals surface area contributed by atoms with Crippen molar-refractivity contribution in [1.82, 2.24) is 5.06 Å². The first-order chi connectivity index (χ1) is 9.46. The van der Waals surface area contributed by atoms with Crippen molar-refractivity contribution in [1.29, 1.82) is 0 Å². The molecule has 3 aliphatic rings. The second kappa shape index (κ2) is 4.74. The van der Waals surface area contributed by atoms with Gasteiger partial charge in [0.25, 0.3) is 0 Å². The lowest BCUT2D eigenvalue weighted by Crippen LogP contribution is -2.66. The summed E-state index contributed by atoms with van der Waals surface area (Å²) in [5, 5.41) is 12.2. The molecule has 1 heterocycles. The van der Waals surface area contributed by atoms with Crippen LogP contribution in [0.5, 0.6) is 0 Å². The van der Waals surface area contributed by atoms with E-state index in [1.165, 1.54) is 5.06 Å². The highest BCUT2D eigenvalue weighted by molar-refractivity contribution is 5.85. The van der Waals surface area contributed by atoms with Gasteiger partial charge in [0.05, 0.1) is 11.1 Å². The molecule has 2 spiro atoms. The number of ketones is 3. The van der Waals surface area contributed by atoms with Gasteiger partial charge in [-0.25, -0.2) is 0 Å². The molecule has 0 unspecified atom stereocenters. The summed E-state index contributed by atoms with van der Waals surface area (Å²) in [6.45, 7) is 0. The lowest BCUT2D eigenvalue weighted by Gasteiger charge is -2.56. The van der Waals surface area contributed by atoms with E-state index in [0.29, 0.717) is 64.2 Å². The number of hydrogen-bond donors (Lipinski definition) is 1. The van der Waals surface area contributed by atoms with Crippen LogP contribution < -0.4 is 0 Å². The van der Waals surface area contributed by atoms with Crippen molar-refractivity contribution in [2.45, 2.75) is 75.3 Å². The zero-order valence-electron chi connectivity index (χ0n) is 11.7. The molecule has 1 N–H and O–H groups in total. The summed E-state index contributed by atoms with van der Waals surface area (Å²) >= 11 is 0. The van der Waals surface area contributed by atoms with Gasteiger partial charge in [-0.3, -0.25) is 14.4 Å². The number of rotatable bonds is 0. The Morgan fingerprint density at radius 1 is 0.700 bits per heavy atom. The summed E-state index contributed by atoms with van der Waals surface area (Å²) in [6, 6.07) is 0. The smallest absolute Gasteiger partial charge is 0.136 e. The van der Waals surface area contributed by atoms with Gasteiger partial charge in [-0.05, 0) is 25.7 Å². The average molecular weight is 279 g/mol. The molecular formula is C15H21NO4. The SMILES string of the molecule is O=C1CCC2(CC1)CC(=O)CC1(CCC(=O)CC1)N2O. The fraction of sp³-hybridized carbons (Fsp3) is 0.800. The van der Waals surface area contributed by atoms with Crippen LogP contribution in [0.15, 0.2) is 0 Å². The molecule has 110 valence electrons. The van der Waals surface area contributed by atoms with Gasteiger partial charge < -0.3 is 5.21 Å². The van der Waals surface area contributed by atoms with Crippen molar-refractivity contribution < 1.29 is 19.6 Å². The predicted octanol–water partition coefficient (Wildman–Crippen LogP) is 1.80. The van der Waals surface area contributed by atoms with Crippen LogP contribution >= 0.6 is 0 Å². The maximum Gasteiger partial charge on any atom is 0.136 e. The highest BCUT2D eigenvalue weighted by Crippen LogP contribution is 2.48. The molecule has 0 amide bonds. The van der Waals surface area contributed by atoms with E-state index in [1.54, 1.807) is 0 Å². The molecule has 0 radical (unpaired) electrons. The molecule has 1 saturated heterocycles. The van der Waals surface area contributed by atoms with Gasteiger partial charge in [0, 0.05) is 38.5 Å². The number of piperidine rings is 1. The van der Waals surface area contributed by atoms with E-state index in [9.17, 15) is 19.6 Å². The third kappa shape index (κ3) is 2.13. The number of carbonyl (C=O) groups excluding carboxylic acids is 3.